The Kier molecular flexibility index (Phi) is 7.39. The van der Waals surface area contributed by atoms with Gasteiger partial charge in [-0.05, 0) is 57.6 Å². The molecule has 1 aliphatic rings. The van der Waals surface area contributed by atoms with Crippen molar-refractivity contribution in [3.63, 3.8) is 0 Å². The number of hydrogen-bond acceptors (Lipinski definition) is 6. The highest BCUT2D eigenvalue weighted by atomic mass is 32.2. The molecule has 0 N–H and O–H groups in total. The number of rotatable bonds is 6. The van der Waals surface area contributed by atoms with Crippen LogP contribution in [0.4, 0.5) is 43.9 Å². The first-order chi connectivity index (χ1) is 20.7. The van der Waals surface area contributed by atoms with Crippen LogP contribution in [-0.4, -0.2) is 27.9 Å². The Morgan fingerprint density at radius 1 is 0.511 bits per heavy atom. The van der Waals surface area contributed by atoms with Crippen LogP contribution in [0.25, 0.3) is 11.1 Å². The molecule has 0 bridgehead atoms. The molecule has 0 fully saturated rings. The lowest BCUT2D eigenvalue weighted by Gasteiger charge is -2.34. The van der Waals surface area contributed by atoms with Crippen molar-refractivity contribution in [2.75, 3.05) is 0 Å². The van der Waals surface area contributed by atoms with Crippen LogP contribution in [0.3, 0.4) is 0 Å². The first-order valence-corrected chi connectivity index (χ1v) is 14.7. The fraction of sp³-hybridized carbons (Fsp3) is 0.111. The third-order valence-corrected chi connectivity index (χ3v) is 8.67. The van der Waals surface area contributed by atoms with Gasteiger partial charge in [0.1, 0.15) is 0 Å². The number of halogens is 10. The van der Waals surface area contributed by atoms with E-state index in [1.807, 2.05) is 0 Å². The van der Waals surface area contributed by atoms with Gasteiger partial charge in [-0.15, -0.1) is 0 Å². The van der Waals surface area contributed by atoms with Crippen molar-refractivity contribution >= 4 is 20.2 Å². The lowest BCUT2D eigenvalue weighted by molar-refractivity contribution is -0.0506. The highest BCUT2D eigenvalue weighted by Crippen LogP contribution is 2.57. The topological polar surface area (TPSA) is 86.7 Å². The van der Waals surface area contributed by atoms with Crippen LogP contribution >= 0.6 is 0 Å². The molecule has 0 radical (unpaired) electrons. The average molecular weight is 687 g/mol. The van der Waals surface area contributed by atoms with Crippen molar-refractivity contribution in [3.8, 4) is 22.6 Å². The second-order valence-electron chi connectivity index (χ2n) is 9.35. The van der Waals surface area contributed by atoms with Crippen LogP contribution in [0.15, 0.2) is 72.8 Å². The highest BCUT2D eigenvalue weighted by molar-refractivity contribution is 7.88. The Morgan fingerprint density at radius 3 is 1.09 bits per heavy atom. The molecule has 45 heavy (non-hydrogen) atoms. The van der Waals surface area contributed by atoms with E-state index >= 15 is 17.6 Å². The standard InChI is InChI=1S/C27H12F10O6S2/c28-19-9-13(10-20(29)23(19)42-44(38,39)26(32,33)34)25(17-7-3-1-5-15(17)16-6-2-4-8-18(16)25)14-11-21(30)24(22(31)12-14)43-45(40,41)27(35,36)37/h1-12H. The summed E-state index contributed by atoms with van der Waals surface area (Å²) in [5, 5.41) is 0. The minimum Gasteiger partial charge on any atom is -0.370 e. The van der Waals surface area contributed by atoms with Crippen molar-refractivity contribution < 1.29 is 69.1 Å². The maximum Gasteiger partial charge on any atom is 0.534 e. The molecule has 1 aliphatic carbocycles. The van der Waals surface area contributed by atoms with Gasteiger partial charge in [-0.25, -0.2) is 17.6 Å². The van der Waals surface area contributed by atoms with E-state index < -0.39 is 82.6 Å². The fourth-order valence-electron chi connectivity index (χ4n) is 5.05. The zero-order chi connectivity index (χ0) is 33.3. The third-order valence-electron chi connectivity index (χ3n) is 6.77. The summed E-state index contributed by atoms with van der Waals surface area (Å²) in [6.07, 6.45) is 0. The molecule has 18 heteroatoms. The molecule has 0 amide bonds. The van der Waals surface area contributed by atoms with Gasteiger partial charge in [0.2, 0.25) is 11.5 Å². The number of fused-ring (bicyclic) bond motifs is 3. The second kappa shape index (κ2) is 10.4. The normalized spacial score (nSPS) is 14.5. The van der Waals surface area contributed by atoms with Gasteiger partial charge in [0.25, 0.3) is 0 Å². The quantitative estimate of drug-likeness (QED) is 0.108. The lowest BCUT2D eigenvalue weighted by Crippen LogP contribution is -2.31. The summed E-state index contributed by atoms with van der Waals surface area (Å²) in [6.45, 7) is 0. The van der Waals surface area contributed by atoms with Gasteiger partial charge in [-0.1, -0.05) is 48.5 Å². The molecule has 4 aromatic rings. The molecule has 0 spiro atoms. The summed E-state index contributed by atoms with van der Waals surface area (Å²) in [4.78, 5) is 0. The van der Waals surface area contributed by atoms with Crippen LogP contribution in [0.1, 0.15) is 22.3 Å². The monoisotopic (exact) mass is 686 g/mol. The summed E-state index contributed by atoms with van der Waals surface area (Å²) in [7, 11) is -13.1. The van der Waals surface area contributed by atoms with Crippen LogP contribution in [-0.2, 0) is 25.7 Å². The summed E-state index contributed by atoms with van der Waals surface area (Å²) in [6, 6.07) is 12.9. The third kappa shape index (κ3) is 5.04. The van der Waals surface area contributed by atoms with Gasteiger partial charge in [0.15, 0.2) is 23.3 Å². The molecular formula is C27H12F10O6S2. The smallest absolute Gasteiger partial charge is 0.370 e. The van der Waals surface area contributed by atoms with Crippen molar-refractivity contribution in [2.45, 2.75) is 16.4 Å². The Bertz CT molecular complexity index is 1880. The molecule has 0 aromatic heterocycles. The minimum absolute atomic E-state index is 0.0527. The Balaban J connectivity index is 1.82. The second-order valence-corrected chi connectivity index (χ2v) is 12.4. The molecule has 0 atom stereocenters. The van der Waals surface area contributed by atoms with E-state index in [1.165, 1.54) is 48.5 Å². The molecule has 6 nitrogen and oxygen atoms in total. The average Bonchev–Trinajstić information content (AvgIpc) is 3.22. The number of benzene rings is 4. The molecule has 5 rings (SSSR count). The van der Waals surface area contributed by atoms with Crippen LogP contribution in [0.5, 0.6) is 11.5 Å². The highest BCUT2D eigenvalue weighted by Gasteiger charge is 2.52. The largest absolute Gasteiger partial charge is 0.534 e. The van der Waals surface area contributed by atoms with Crippen molar-refractivity contribution in [1.29, 1.82) is 0 Å². The van der Waals surface area contributed by atoms with E-state index in [-0.39, 0.29) is 11.1 Å². The molecule has 0 aliphatic heterocycles. The molecule has 0 saturated heterocycles. The number of alkyl halides is 6. The predicted molar refractivity (Wildman–Crippen MR) is 135 cm³/mol. The van der Waals surface area contributed by atoms with Crippen LogP contribution in [0, 0.1) is 23.3 Å². The maximum absolute atomic E-state index is 15.3. The molecule has 0 heterocycles. The Labute approximate surface area is 246 Å². The first kappa shape index (κ1) is 32.1. The summed E-state index contributed by atoms with van der Waals surface area (Å²) < 4.78 is 192. The SMILES string of the molecule is O=S(=O)(Oc1c(F)cc(C2(c3cc(F)c(OS(=O)(=O)C(F)(F)F)c(F)c3)c3ccccc3-c3ccccc32)cc1F)C(F)(F)F. The van der Waals surface area contributed by atoms with Gasteiger partial charge in [0, 0.05) is 0 Å². The molecule has 0 unspecified atom stereocenters. The molecule has 0 saturated carbocycles. The van der Waals surface area contributed by atoms with E-state index in [9.17, 15) is 43.2 Å². The van der Waals surface area contributed by atoms with Crippen molar-refractivity contribution in [2.24, 2.45) is 0 Å². The van der Waals surface area contributed by atoms with Crippen LogP contribution < -0.4 is 8.37 Å². The van der Waals surface area contributed by atoms with E-state index in [0.29, 0.717) is 35.4 Å². The maximum atomic E-state index is 15.3. The van der Waals surface area contributed by atoms with E-state index in [2.05, 4.69) is 8.37 Å². The predicted octanol–water partition coefficient (Wildman–Crippen LogP) is 7.06. The Hall–Kier alpha value is -4.32. The van der Waals surface area contributed by atoms with E-state index in [1.54, 1.807) is 0 Å². The molecule has 238 valence electrons. The van der Waals surface area contributed by atoms with Crippen molar-refractivity contribution in [1.82, 2.24) is 0 Å². The fourth-order valence-corrected chi connectivity index (χ4v) is 6.00. The molecule has 4 aromatic carbocycles. The van der Waals surface area contributed by atoms with Gasteiger partial charge < -0.3 is 8.37 Å². The zero-order valence-electron chi connectivity index (χ0n) is 21.5. The van der Waals surface area contributed by atoms with Gasteiger partial charge in [0.05, 0.1) is 5.41 Å². The van der Waals surface area contributed by atoms with Gasteiger partial charge in [-0.2, -0.15) is 43.2 Å². The Morgan fingerprint density at radius 2 is 0.800 bits per heavy atom. The first-order valence-electron chi connectivity index (χ1n) is 11.9. The zero-order valence-corrected chi connectivity index (χ0v) is 23.1. The lowest BCUT2D eigenvalue weighted by atomic mass is 9.67. The summed E-state index contributed by atoms with van der Waals surface area (Å²) in [5.74, 6) is -11.9. The number of hydrogen-bond donors (Lipinski definition) is 0. The van der Waals surface area contributed by atoms with Crippen LogP contribution in [0.2, 0.25) is 0 Å². The van der Waals surface area contributed by atoms with Crippen molar-refractivity contribution in [3.05, 3.63) is 118 Å². The minimum atomic E-state index is -6.56. The van der Waals surface area contributed by atoms with Gasteiger partial charge >= 0.3 is 31.3 Å². The van der Waals surface area contributed by atoms with E-state index in [0.717, 1.165) is 0 Å². The summed E-state index contributed by atoms with van der Waals surface area (Å²) >= 11 is 0. The molecular weight excluding hydrogens is 674 g/mol. The van der Waals surface area contributed by atoms with E-state index in [4.69, 9.17) is 0 Å². The summed E-state index contributed by atoms with van der Waals surface area (Å²) in [5.41, 5.74) is -14.8. The van der Waals surface area contributed by atoms with Gasteiger partial charge in [-0.3, -0.25) is 0 Å².